The third-order valence-corrected chi connectivity index (χ3v) is 4.18. The minimum absolute atomic E-state index is 0.0656. The quantitative estimate of drug-likeness (QED) is 0.846. The summed E-state index contributed by atoms with van der Waals surface area (Å²) in [5.74, 6) is 8.01. The maximum absolute atomic E-state index is 12.5. The molecule has 1 N–H and O–H groups in total. The van der Waals surface area contributed by atoms with E-state index in [4.69, 9.17) is 5.11 Å². The molecule has 0 radical (unpaired) electrons. The second kappa shape index (κ2) is 7.37. The molecular formula is C16H19NO2S. The van der Waals surface area contributed by atoms with E-state index >= 15 is 0 Å². The van der Waals surface area contributed by atoms with Gasteiger partial charge in [-0.05, 0) is 24.6 Å². The number of aliphatic hydroxyl groups excluding tert-OH is 1. The minimum Gasteiger partial charge on any atom is -0.395 e. The lowest BCUT2D eigenvalue weighted by atomic mass is 10.0. The molecule has 1 saturated heterocycles. The summed E-state index contributed by atoms with van der Waals surface area (Å²) in [4.78, 5) is 14.5. The number of nitrogens with zero attached hydrogens (tertiary/aromatic N) is 1. The van der Waals surface area contributed by atoms with Gasteiger partial charge in [0.25, 0.3) is 5.91 Å². The number of amides is 1. The third-order valence-electron chi connectivity index (χ3n) is 3.24. The van der Waals surface area contributed by atoms with Crippen LogP contribution in [-0.2, 0) is 0 Å². The molecule has 20 heavy (non-hydrogen) atoms. The molecule has 1 aromatic rings. The molecule has 0 spiro atoms. The van der Waals surface area contributed by atoms with Crippen molar-refractivity contribution in [1.29, 1.82) is 0 Å². The molecular weight excluding hydrogens is 270 g/mol. The van der Waals surface area contributed by atoms with Gasteiger partial charge in [-0.1, -0.05) is 17.9 Å². The molecule has 1 amide bonds. The van der Waals surface area contributed by atoms with E-state index in [1.807, 2.05) is 41.8 Å². The van der Waals surface area contributed by atoms with E-state index < -0.39 is 0 Å². The van der Waals surface area contributed by atoms with Crippen LogP contribution in [0.3, 0.4) is 0 Å². The number of hydrogen-bond donors (Lipinski definition) is 1. The molecule has 1 aliphatic heterocycles. The topological polar surface area (TPSA) is 40.5 Å². The van der Waals surface area contributed by atoms with E-state index in [1.54, 1.807) is 0 Å². The predicted octanol–water partition coefficient (Wildman–Crippen LogP) is 1.92. The Hall–Kier alpha value is -1.44. The summed E-state index contributed by atoms with van der Waals surface area (Å²) in [6.45, 7) is 3.67. The van der Waals surface area contributed by atoms with Gasteiger partial charge in [0.1, 0.15) is 0 Å². The highest BCUT2D eigenvalue weighted by molar-refractivity contribution is 7.99. The van der Waals surface area contributed by atoms with Gasteiger partial charge < -0.3 is 10.0 Å². The number of benzene rings is 1. The molecule has 0 saturated carbocycles. The van der Waals surface area contributed by atoms with Gasteiger partial charge in [-0.2, -0.15) is 11.8 Å². The summed E-state index contributed by atoms with van der Waals surface area (Å²) in [5, 5.41) is 8.74. The number of aliphatic hydroxyl groups is 1. The molecule has 1 aromatic carbocycles. The van der Waals surface area contributed by atoms with E-state index in [0.717, 1.165) is 41.3 Å². The first-order valence-corrected chi connectivity index (χ1v) is 7.95. The summed E-state index contributed by atoms with van der Waals surface area (Å²) in [6, 6.07) is 5.72. The number of aryl methyl sites for hydroxylation is 1. The van der Waals surface area contributed by atoms with Crippen LogP contribution in [0.2, 0.25) is 0 Å². The predicted molar refractivity (Wildman–Crippen MR) is 83.0 cm³/mol. The number of carbonyl (C=O) groups is 1. The Morgan fingerprint density at radius 2 is 2.15 bits per heavy atom. The van der Waals surface area contributed by atoms with Crippen LogP contribution in [0.5, 0.6) is 0 Å². The fourth-order valence-electron chi connectivity index (χ4n) is 2.09. The van der Waals surface area contributed by atoms with E-state index in [-0.39, 0.29) is 12.5 Å². The van der Waals surface area contributed by atoms with Crippen LogP contribution in [0.1, 0.15) is 27.9 Å². The van der Waals surface area contributed by atoms with Crippen molar-refractivity contribution in [3.05, 3.63) is 34.9 Å². The van der Waals surface area contributed by atoms with Crippen LogP contribution in [0.15, 0.2) is 18.2 Å². The minimum atomic E-state index is 0.0656. The average Bonchev–Trinajstić information content (AvgIpc) is 2.49. The standard InChI is InChI=1S/C16H19NO2S/c1-13-5-6-14(4-2-3-9-18)12-15(13)16(19)17-7-10-20-11-8-17/h5-6,12,18H,3,7-11H2,1H3. The van der Waals surface area contributed by atoms with Crippen molar-refractivity contribution in [3.8, 4) is 11.8 Å². The van der Waals surface area contributed by atoms with Gasteiger partial charge in [-0.3, -0.25) is 4.79 Å². The lowest BCUT2D eigenvalue weighted by Gasteiger charge is -2.27. The molecule has 4 heteroatoms. The molecule has 0 aromatic heterocycles. The molecule has 0 bridgehead atoms. The summed E-state index contributed by atoms with van der Waals surface area (Å²) in [6.07, 6.45) is 0.459. The Morgan fingerprint density at radius 3 is 2.85 bits per heavy atom. The SMILES string of the molecule is Cc1ccc(C#CCCO)cc1C(=O)N1CCSCC1. The lowest BCUT2D eigenvalue weighted by Crippen LogP contribution is -2.38. The van der Waals surface area contributed by atoms with E-state index in [0.29, 0.717) is 6.42 Å². The zero-order chi connectivity index (χ0) is 14.4. The van der Waals surface area contributed by atoms with Crippen molar-refractivity contribution in [1.82, 2.24) is 4.90 Å². The Kier molecular flexibility index (Phi) is 5.51. The molecule has 1 fully saturated rings. The summed E-state index contributed by atoms with van der Waals surface area (Å²) < 4.78 is 0. The second-order valence-corrected chi connectivity index (χ2v) is 5.93. The maximum atomic E-state index is 12.5. The Labute approximate surface area is 124 Å². The monoisotopic (exact) mass is 289 g/mol. The van der Waals surface area contributed by atoms with Gasteiger partial charge in [0, 0.05) is 42.1 Å². The maximum Gasteiger partial charge on any atom is 0.254 e. The fourth-order valence-corrected chi connectivity index (χ4v) is 2.99. The summed E-state index contributed by atoms with van der Waals surface area (Å²) >= 11 is 1.89. The first-order valence-electron chi connectivity index (χ1n) is 6.80. The van der Waals surface area contributed by atoms with Crippen molar-refractivity contribution >= 4 is 17.7 Å². The summed E-state index contributed by atoms with van der Waals surface area (Å²) in [5.41, 5.74) is 2.56. The smallest absolute Gasteiger partial charge is 0.254 e. The molecule has 3 nitrogen and oxygen atoms in total. The van der Waals surface area contributed by atoms with Crippen molar-refractivity contribution in [2.75, 3.05) is 31.2 Å². The van der Waals surface area contributed by atoms with Crippen molar-refractivity contribution in [3.63, 3.8) is 0 Å². The summed E-state index contributed by atoms with van der Waals surface area (Å²) in [7, 11) is 0. The molecule has 106 valence electrons. The highest BCUT2D eigenvalue weighted by Crippen LogP contribution is 2.17. The average molecular weight is 289 g/mol. The molecule has 0 unspecified atom stereocenters. The first kappa shape index (κ1) is 15.0. The normalized spacial score (nSPS) is 14.6. The Bertz CT molecular complexity index is 539. The molecule has 0 atom stereocenters. The van der Waals surface area contributed by atoms with Crippen LogP contribution in [0, 0.1) is 18.8 Å². The molecule has 0 aliphatic carbocycles. The number of hydrogen-bond acceptors (Lipinski definition) is 3. The van der Waals surface area contributed by atoms with Gasteiger partial charge in [0.2, 0.25) is 0 Å². The number of carbonyl (C=O) groups excluding carboxylic acids is 1. The van der Waals surface area contributed by atoms with E-state index in [2.05, 4.69) is 11.8 Å². The first-order chi connectivity index (χ1) is 9.72. The number of rotatable bonds is 2. The third kappa shape index (κ3) is 3.78. The molecule has 1 aliphatic rings. The molecule has 1 heterocycles. The van der Waals surface area contributed by atoms with Gasteiger partial charge in [-0.25, -0.2) is 0 Å². The van der Waals surface area contributed by atoms with E-state index in [1.165, 1.54) is 0 Å². The lowest BCUT2D eigenvalue weighted by molar-refractivity contribution is 0.0771. The molecule has 2 rings (SSSR count). The highest BCUT2D eigenvalue weighted by atomic mass is 32.2. The fraction of sp³-hybridized carbons (Fsp3) is 0.438. The Morgan fingerprint density at radius 1 is 1.40 bits per heavy atom. The van der Waals surface area contributed by atoms with Gasteiger partial charge >= 0.3 is 0 Å². The number of thioether (sulfide) groups is 1. The second-order valence-electron chi connectivity index (χ2n) is 4.71. The van der Waals surface area contributed by atoms with Gasteiger partial charge in [0.05, 0.1) is 6.61 Å². The van der Waals surface area contributed by atoms with Crippen LogP contribution >= 0.6 is 11.8 Å². The van der Waals surface area contributed by atoms with Crippen molar-refractivity contribution in [2.24, 2.45) is 0 Å². The van der Waals surface area contributed by atoms with Crippen molar-refractivity contribution < 1.29 is 9.90 Å². The zero-order valence-corrected chi connectivity index (χ0v) is 12.5. The van der Waals surface area contributed by atoms with Crippen LogP contribution < -0.4 is 0 Å². The van der Waals surface area contributed by atoms with Crippen LogP contribution in [0.4, 0.5) is 0 Å². The largest absolute Gasteiger partial charge is 0.395 e. The van der Waals surface area contributed by atoms with Gasteiger partial charge in [-0.15, -0.1) is 0 Å². The Balaban J connectivity index is 2.19. The van der Waals surface area contributed by atoms with Gasteiger partial charge in [0.15, 0.2) is 0 Å². The van der Waals surface area contributed by atoms with E-state index in [9.17, 15) is 4.79 Å². The highest BCUT2D eigenvalue weighted by Gasteiger charge is 2.19. The van der Waals surface area contributed by atoms with Crippen LogP contribution in [0.25, 0.3) is 0 Å². The van der Waals surface area contributed by atoms with Crippen molar-refractivity contribution in [2.45, 2.75) is 13.3 Å². The van der Waals surface area contributed by atoms with Crippen LogP contribution in [-0.4, -0.2) is 47.1 Å². The zero-order valence-electron chi connectivity index (χ0n) is 11.7.